The number of amides is 1. The Morgan fingerprint density at radius 1 is 1.13 bits per heavy atom. The molecule has 1 aromatic carbocycles. The van der Waals surface area contributed by atoms with E-state index in [1.54, 1.807) is 0 Å². The third-order valence-corrected chi connectivity index (χ3v) is 4.71. The zero-order valence-corrected chi connectivity index (χ0v) is 14.1. The number of carbonyl (C=O) groups is 1. The number of pyridine rings is 1. The average molecular weight is 333 g/mol. The van der Waals surface area contributed by atoms with E-state index >= 15 is 0 Å². The van der Waals surface area contributed by atoms with Crippen molar-refractivity contribution in [3.8, 4) is 0 Å². The molecular formula is C18H21ClN2O2. The number of aromatic nitrogens is 1. The molecule has 0 saturated carbocycles. The Balaban J connectivity index is 2.14. The van der Waals surface area contributed by atoms with Gasteiger partial charge in [-0.25, -0.2) is 0 Å². The van der Waals surface area contributed by atoms with E-state index < -0.39 is 0 Å². The van der Waals surface area contributed by atoms with Crippen LogP contribution in [0.4, 0.5) is 0 Å². The zero-order valence-electron chi connectivity index (χ0n) is 13.4. The Kier molecular flexibility index (Phi) is 5.61. The number of nitrogens with one attached hydrogen (secondary N) is 1. The molecule has 0 spiro atoms. The largest absolute Gasteiger partial charge is 0.619 e. The van der Waals surface area contributed by atoms with Crippen LogP contribution in [0.25, 0.3) is 0 Å². The first kappa shape index (κ1) is 17.3. The van der Waals surface area contributed by atoms with Crippen LogP contribution in [0, 0.1) is 5.21 Å². The van der Waals surface area contributed by atoms with Crippen molar-refractivity contribution in [1.82, 2.24) is 5.32 Å². The van der Waals surface area contributed by atoms with E-state index in [4.69, 9.17) is 11.6 Å². The molecule has 0 radical (unpaired) electrons. The molecule has 0 fully saturated rings. The Bertz CT molecular complexity index is 650. The van der Waals surface area contributed by atoms with Gasteiger partial charge in [0.25, 0.3) is 5.91 Å². The Morgan fingerprint density at radius 2 is 1.70 bits per heavy atom. The average Bonchev–Trinajstić information content (AvgIpc) is 2.58. The van der Waals surface area contributed by atoms with Crippen LogP contribution >= 0.6 is 11.6 Å². The third-order valence-electron chi connectivity index (χ3n) is 4.46. The molecule has 1 N–H and O–H groups in total. The van der Waals surface area contributed by atoms with Gasteiger partial charge in [0, 0.05) is 29.1 Å². The summed E-state index contributed by atoms with van der Waals surface area (Å²) in [7, 11) is 0. The van der Waals surface area contributed by atoms with E-state index in [2.05, 4.69) is 19.2 Å². The first-order valence-corrected chi connectivity index (χ1v) is 8.11. The topological polar surface area (TPSA) is 56.0 Å². The summed E-state index contributed by atoms with van der Waals surface area (Å²) in [5, 5.41) is 14.7. The highest BCUT2D eigenvalue weighted by Crippen LogP contribution is 2.31. The maximum Gasteiger partial charge on any atom is 0.251 e. The van der Waals surface area contributed by atoms with E-state index in [0.29, 0.717) is 21.9 Å². The van der Waals surface area contributed by atoms with Crippen molar-refractivity contribution in [2.45, 2.75) is 32.1 Å². The quantitative estimate of drug-likeness (QED) is 0.650. The molecule has 122 valence electrons. The Morgan fingerprint density at radius 3 is 2.22 bits per heavy atom. The first-order chi connectivity index (χ1) is 11.0. The predicted molar refractivity (Wildman–Crippen MR) is 91.4 cm³/mol. The minimum absolute atomic E-state index is 0.131. The monoisotopic (exact) mass is 332 g/mol. The smallest absolute Gasteiger partial charge is 0.251 e. The summed E-state index contributed by atoms with van der Waals surface area (Å²) in [6.45, 7) is 4.77. The van der Waals surface area contributed by atoms with Crippen molar-refractivity contribution >= 4 is 17.5 Å². The number of nitrogens with zero attached hydrogens (tertiary/aromatic N) is 1. The minimum Gasteiger partial charge on any atom is -0.619 e. The lowest BCUT2D eigenvalue weighted by Crippen LogP contribution is -2.40. The molecule has 0 saturated heterocycles. The van der Waals surface area contributed by atoms with Gasteiger partial charge in [-0.1, -0.05) is 37.6 Å². The van der Waals surface area contributed by atoms with Crippen molar-refractivity contribution in [3.05, 3.63) is 70.1 Å². The molecule has 0 aliphatic rings. The minimum atomic E-state index is -0.175. The molecule has 1 amide bonds. The molecule has 1 heterocycles. The van der Waals surface area contributed by atoms with Gasteiger partial charge in [0.2, 0.25) is 0 Å². The summed E-state index contributed by atoms with van der Waals surface area (Å²) in [5.41, 5.74) is 1.51. The second-order valence-corrected chi connectivity index (χ2v) is 6.06. The highest BCUT2D eigenvalue weighted by Gasteiger charge is 2.29. The lowest BCUT2D eigenvalue weighted by atomic mass is 9.75. The van der Waals surface area contributed by atoms with Gasteiger partial charge in [-0.15, -0.1) is 0 Å². The van der Waals surface area contributed by atoms with Crippen molar-refractivity contribution in [3.63, 3.8) is 0 Å². The number of halogens is 1. The maximum absolute atomic E-state index is 12.3. The third kappa shape index (κ3) is 4.02. The second-order valence-electron chi connectivity index (χ2n) is 5.62. The van der Waals surface area contributed by atoms with Crippen LogP contribution < -0.4 is 10.0 Å². The SMILES string of the molecule is CCC(CC)(CNC(=O)c1cc[n+]([O-])cc1)c1ccc(Cl)cc1. The van der Waals surface area contributed by atoms with Crippen molar-refractivity contribution in [2.75, 3.05) is 6.54 Å². The van der Waals surface area contributed by atoms with Gasteiger partial charge in [0.15, 0.2) is 12.4 Å². The van der Waals surface area contributed by atoms with Gasteiger partial charge >= 0.3 is 0 Å². The van der Waals surface area contributed by atoms with E-state index in [1.807, 2.05) is 24.3 Å². The second kappa shape index (κ2) is 7.47. The van der Waals surface area contributed by atoms with Crippen LogP contribution in [0.15, 0.2) is 48.8 Å². The lowest BCUT2D eigenvalue weighted by molar-refractivity contribution is -0.605. The fourth-order valence-electron chi connectivity index (χ4n) is 2.73. The number of hydrogen-bond donors (Lipinski definition) is 1. The van der Waals surface area contributed by atoms with Crippen LogP contribution in [0.1, 0.15) is 42.6 Å². The highest BCUT2D eigenvalue weighted by atomic mass is 35.5. The van der Waals surface area contributed by atoms with Gasteiger partial charge in [-0.3, -0.25) is 4.79 Å². The number of hydrogen-bond acceptors (Lipinski definition) is 2. The molecule has 0 unspecified atom stereocenters. The van der Waals surface area contributed by atoms with Crippen molar-refractivity contribution in [1.29, 1.82) is 0 Å². The Labute approximate surface area is 141 Å². The van der Waals surface area contributed by atoms with Gasteiger partial charge < -0.3 is 10.5 Å². The van der Waals surface area contributed by atoms with Crippen molar-refractivity contribution < 1.29 is 9.52 Å². The van der Waals surface area contributed by atoms with Gasteiger partial charge in [0.1, 0.15) is 0 Å². The van der Waals surface area contributed by atoms with Crippen LogP contribution in [0.3, 0.4) is 0 Å². The number of carbonyl (C=O) groups excluding carboxylic acids is 1. The molecule has 0 aliphatic heterocycles. The van der Waals surface area contributed by atoms with Crippen molar-refractivity contribution in [2.24, 2.45) is 0 Å². The van der Waals surface area contributed by atoms with E-state index in [-0.39, 0.29) is 11.3 Å². The zero-order chi connectivity index (χ0) is 16.9. The Hall–Kier alpha value is -2.07. The molecule has 23 heavy (non-hydrogen) atoms. The van der Waals surface area contributed by atoms with Gasteiger partial charge in [-0.05, 0) is 30.5 Å². The van der Waals surface area contributed by atoms with Gasteiger partial charge in [0.05, 0.1) is 5.56 Å². The molecule has 1 aromatic heterocycles. The maximum atomic E-state index is 12.3. The molecule has 2 rings (SSSR count). The molecular weight excluding hydrogens is 312 g/mol. The predicted octanol–water partition coefficient (Wildman–Crippen LogP) is 3.46. The lowest BCUT2D eigenvalue weighted by Gasteiger charge is -2.32. The molecule has 0 atom stereocenters. The summed E-state index contributed by atoms with van der Waals surface area (Å²) in [6, 6.07) is 10.8. The summed E-state index contributed by atoms with van der Waals surface area (Å²) < 4.78 is 0.660. The fraction of sp³-hybridized carbons (Fsp3) is 0.333. The van der Waals surface area contributed by atoms with Crippen LogP contribution in [-0.4, -0.2) is 12.5 Å². The number of benzene rings is 1. The van der Waals surface area contributed by atoms with Crippen LogP contribution in [-0.2, 0) is 5.41 Å². The fourth-order valence-corrected chi connectivity index (χ4v) is 2.86. The number of rotatable bonds is 6. The first-order valence-electron chi connectivity index (χ1n) is 7.74. The van der Waals surface area contributed by atoms with E-state index in [9.17, 15) is 10.0 Å². The van der Waals surface area contributed by atoms with E-state index in [0.717, 1.165) is 18.4 Å². The van der Waals surface area contributed by atoms with Crippen LogP contribution in [0.5, 0.6) is 0 Å². The molecule has 0 aliphatic carbocycles. The van der Waals surface area contributed by atoms with Gasteiger partial charge in [-0.2, -0.15) is 4.73 Å². The molecule has 4 nitrogen and oxygen atoms in total. The molecule has 0 bridgehead atoms. The summed E-state index contributed by atoms with van der Waals surface area (Å²) in [6.07, 6.45) is 4.45. The molecule has 5 heteroatoms. The normalized spacial score (nSPS) is 11.3. The van der Waals surface area contributed by atoms with E-state index in [1.165, 1.54) is 24.5 Å². The molecule has 2 aromatic rings. The standard InChI is InChI=1S/C18H21ClN2O2/c1-3-18(4-2,15-5-7-16(19)8-6-15)13-20-17(22)14-9-11-21(23)12-10-14/h5-12H,3-4,13H2,1-2H3,(H,20,22). The summed E-state index contributed by atoms with van der Waals surface area (Å²) >= 11 is 5.97. The highest BCUT2D eigenvalue weighted by molar-refractivity contribution is 6.30. The van der Waals surface area contributed by atoms with Crippen LogP contribution in [0.2, 0.25) is 5.02 Å². The summed E-state index contributed by atoms with van der Waals surface area (Å²) in [4.78, 5) is 12.3. The summed E-state index contributed by atoms with van der Waals surface area (Å²) in [5.74, 6) is -0.175.